The van der Waals surface area contributed by atoms with E-state index in [1.807, 2.05) is 0 Å². The van der Waals surface area contributed by atoms with E-state index in [1.54, 1.807) is 0 Å². The van der Waals surface area contributed by atoms with Crippen LogP contribution in [-0.4, -0.2) is 22.8 Å². The molecule has 0 aliphatic heterocycles. The Bertz CT molecular complexity index is 417. The second kappa shape index (κ2) is 4.28. The van der Waals surface area contributed by atoms with Crippen LogP contribution >= 0.6 is 0 Å². The molecule has 0 fully saturated rings. The van der Waals surface area contributed by atoms with Gasteiger partial charge in [-0.05, 0) is 17.7 Å². The molecule has 1 N–H and O–H groups in total. The molecule has 0 aromatic heterocycles. The van der Waals surface area contributed by atoms with Gasteiger partial charge >= 0.3 is 6.18 Å². The molecule has 0 unspecified atom stereocenters. The second-order valence-electron chi connectivity index (χ2n) is 3.36. The van der Waals surface area contributed by atoms with Crippen molar-refractivity contribution in [1.29, 1.82) is 0 Å². The van der Waals surface area contributed by atoms with E-state index in [0.29, 0.717) is 24.3 Å². The van der Waals surface area contributed by atoms with Crippen LogP contribution in [0.25, 0.3) is 0 Å². The highest BCUT2D eigenvalue weighted by Crippen LogP contribution is 2.39. The third-order valence-electron chi connectivity index (χ3n) is 2.15. The average molecular weight is 253 g/mol. The molecular weight excluding hydrogens is 246 g/mol. The standard InChI is InChI=1S/C9H7F4NO3/c10-7-3-1-6(2-4-7)8(15,5-14(16)17)9(11,12)13/h1-4,15H,5H2/t8-/m1/s1. The number of hydrogen-bond acceptors (Lipinski definition) is 3. The number of hydrogen-bond donors (Lipinski definition) is 1. The summed E-state index contributed by atoms with van der Waals surface area (Å²) in [6.45, 7) is -1.73. The quantitative estimate of drug-likeness (QED) is 0.508. The number of aliphatic hydroxyl groups is 1. The molecule has 0 aliphatic carbocycles. The van der Waals surface area contributed by atoms with Gasteiger partial charge in [0.15, 0.2) is 0 Å². The van der Waals surface area contributed by atoms with Crippen molar-refractivity contribution in [3.05, 3.63) is 45.8 Å². The first-order chi connectivity index (χ1) is 7.67. The van der Waals surface area contributed by atoms with Crippen LogP contribution in [0.15, 0.2) is 24.3 Å². The largest absolute Gasteiger partial charge is 0.428 e. The minimum absolute atomic E-state index is 0.659. The summed E-state index contributed by atoms with van der Waals surface area (Å²) in [5.74, 6) is -0.806. The molecule has 0 spiro atoms. The third kappa shape index (κ3) is 2.70. The summed E-state index contributed by atoms with van der Waals surface area (Å²) in [5.41, 5.74) is -4.40. The lowest BCUT2D eigenvalue weighted by molar-refractivity contribution is -0.519. The Labute approximate surface area is 92.6 Å². The maximum absolute atomic E-state index is 12.6. The Morgan fingerprint density at radius 2 is 1.71 bits per heavy atom. The molecule has 0 saturated carbocycles. The Morgan fingerprint density at radius 3 is 2.06 bits per heavy atom. The normalized spacial score (nSPS) is 15.4. The lowest BCUT2D eigenvalue weighted by Gasteiger charge is -2.26. The van der Waals surface area contributed by atoms with E-state index in [2.05, 4.69) is 0 Å². The SMILES string of the molecule is O=[N+]([O-])C[C@@](O)(c1ccc(F)cc1)C(F)(F)F. The molecule has 0 radical (unpaired) electrons. The highest BCUT2D eigenvalue weighted by atomic mass is 19.4. The highest BCUT2D eigenvalue weighted by Gasteiger charge is 2.58. The molecule has 0 aliphatic rings. The van der Waals surface area contributed by atoms with Crippen LogP contribution in [-0.2, 0) is 5.60 Å². The van der Waals surface area contributed by atoms with E-state index in [4.69, 9.17) is 0 Å². The van der Waals surface area contributed by atoms with Gasteiger partial charge in [0.1, 0.15) is 5.82 Å². The van der Waals surface area contributed by atoms with Gasteiger partial charge in [-0.25, -0.2) is 4.39 Å². The predicted octanol–water partition coefficient (Wildman–Crippen LogP) is 1.85. The van der Waals surface area contributed by atoms with Gasteiger partial charge in [-0.3, -0.25) is 10.1 Å². The summed E-state index contributed by atoms with van der Waals surface area (Å²) in [4.78, 5) is 8.89. The van der Waals surface area contributed by atoms with E-state index in [0.717, 1.165) is 0 Å². The predicted molar refractivity (Wildman–Crippen MR) is 48.2 cm³/mol. The first kappa shape index (κ1) is 13.4. The number of halogens is 4. The fourth-order valence-corrected chi connectivity index (χ4v) is 1.26. The van der Waals surface area contributed by atoms with Crippen LogP contribution in [0.3, 0.4) is 0 Å². The van der Waals surface area contributed by atoms with E-state index in [9.17, 15) is 32.8 Å². The van der Waals surface area contributed by atoms with Crippen molar-refractivity contribution in [3.8, 4) is 0 Å². The molecule has 1 atom stereocenters. The topological polar surface area (TPSA) is 63.4 Å². The number of rotatable bonds is 3. The van der Waals surface area contributed by atoms with Crippen molar-refractivity contribution in [2.45, 2.75) is 11.8 Å². The molecule has 1 aromatic carbocycles. The zero-order valence-corrected chi connectivity index (χ0v) is 8.24. The number of nitro groups is 1. The molecule has 4 nitrogen and oxygen atoms in total. The summed E-state index contributed by atoms with van der Waals surface area (Å²) in [6.07, 6.45) is -5.22. The zero-order chi connectivity index (χ0) is 13.3. The number of benzene rings is 1. The van der Waals surface area contributed by atoms with E-state index >= 15 is 0 Å². The Balaban J connectivity index is 3.24. The monoisotopic (exact) mass is 253 g/mol. The maximum atomic E-state index is 12.6. The lowest BCUT2D eigenvalue weighted by Crippen LogP contribution is -2.47. The van der Waals surface area contributed by atoms with Crippen molar-refractivity contribution in [3.63, 3.8) is 0 Å². The van der Waals surface area contributed by atoms with E-state index in [-0.39, 0.29) is 0 Å². The van der Waals surface area contributed by atoms with Gasteiger partial charge in [-0.15, -0.1) is 0 Å². The summed E-state index contributed by atoms with van der Waals surface area (Å²) in [7, 11) is 0. The summed E-state index contributed by atoms with van der Waals surface area (Å²) in [6, 6.07) is 2.69. The average Bonchev–Trinajstić information content (AvgIpc) is 2.15. The molecule has 0 amide bonds. The van der Waals surface area contributed by atoms with Crippen LogP contribution in [0, 0.1) is 15.9 Å². The van der Waals surface area contributed by atoms with Crippen LogP contribution < -0.4 is 0 Å². The van der Waals surface area contributed by atoms with Crippen molar-refractivity contribution >= 4 is 0 Å². The fraction of sp³-hybridized carbons (Fsp3) is 0.333. The molecule has 94 valence electrons. The van der Waals surface area contributed by atoms with Gasteiger partial charge in [-0.1, -0.05) is 12.1 Å². The van der Waals surface area contributed by atoms with Gasteiger partial charge in [0, 0.05) is 4.92 Å². The molecule has 0 saturated heterocycles. The van der Waals surface area contributed by atoms with Crippen LogP contribution in [0.5, 0.6) is 0 Å². The third-order valence-corrected chi connectivity index (χ3v) is 2.15. The molecule has 8 heteroatoms. The zero-order valence-electron chi connectivity index (χ0n) is 8.24. The second-order valence-corrected chi connectivity index (χ2v) is 3.36. The minimum atomic E-state index is -5.22. The van der Waals surface area contributed by atoms with Crippen LogP contribution in [0.2, 0.25) is 0 Å². The minimum Gasteiger partial charge on any atom is -0.371 e. The van der Waals surface area contributed by atoms with Crippen molar-refractivity contribution in [1.82, 2.24) is 0 Å². The first-order valence-electron chi connectivity index (χ1n) is 4.34. The van der Waals surface area contributed by atoms with Gasteiger partial charge < -0.3 is 5.11 Å². The molecular formula is C9H7F4NO3. The first-order valence-corrected chi connectivity index (χ1v) is 4.34. The van der Waals surface area contributed by atoms with Crippen molar-refractivity contribution in [2.75, 3.05) is 6.54 Å². The van der Waals surface area contributed by atoms with Crippen molar-refractivity contribution in [2.24, 2.45) is 0 Å². The highest BCUT2D eigenvalue weighted by molar-refractivity contribution is 5.25. The lowest BCUT2D eigenvalue weighted by atomic mass is 9.93. The molecule has 17 heavy (non-hydrogen) atoms. The maximum Gasteiger partial charge on any atom is 0.428 e. The van der Waals surface area contributed by atoms with E-state index < -0.39 is 34.6 Å². The Kier molecular flexibility index (Phi) is 3.37. The van der Waals surface area contributed by atoms with Gasteiger partial charge in [0.05, 0.1) is 0 Å². The molecule has 0 bridgehead atoms. The van der Waals surface area contributed by atoms with E-state index in [1.165, 1.54) is 0 Å². The molecule has 1 aromatic rings. The molecule has 0 heterocycles. The van der Waals surface area contributed by atoms with Crippen LogP contribution in [0.1, 0.15) is 5.56 Å². The Hall–Kier alpha value is -1.70. The Morgan fingerprint density at radius 1 is 1.24 bits per heavy atom. The number of nitrogens with zero attached hydrogens (tertiary/aromatic N) is 1. The smallest absolute Gasteiger partial charge is 0.371 e. The van der Waals surface area contributed by atoms with Gasteiger partial charge in [-0.2, -0.15) is 13.2 Å². The number of alkyl halides is 3. The fourth-order valence-electron chi connectivity index (χ4n) is 1.26. The summed E-state index contributed by atoms with van der Waals surface area (Å²) in [5, 5.41) is 19.6. The van der Waals surface area contributed by atoms with Gasteiger partial charge in [0.2, 0.25) is 6.54 Å². The molecule has 1 rings (SSSR count). The van der Waals surface area contributed by atoms with Gasteiger partial charge in [0.25, 0.3) is 5.60 Å². The van der Waals surface area contributed by atoms with Crippen LogP contribution in [0.4, 0.5) is 17.6 Å². The van der Waals surface area contributed by atoms with Crippen molar-refractivity contribution < 1.29 is 27.6 Å². The summed E-state index contributed by atoms with van der Waals surface area (Å²) < 4.78 is 50.3. The summed E-state index contributed by atoms with van der Waals surface area (Å²) >= 11 is 0.